The molecule has 0 aromatic carbocycles. The van der Waals surface area contributed by atoms with Crippen LogP contribution in [0.25, 0.3) is 0 Å². The van der Waals surface area contributed by atoms with Crippen molar-refractivity contribution in [3.8, 4) is 0 Å². The first-order valence-electron chi connectivity index (χ1n) is 11.7. The summed E-state index contributed by atoms with van der Waals surface area (Å²) < 4.78 is 10.2. The van der Waals surface area contributed by atoms with Crippen molar-refractivity contribution >= 4 is 11.6 Å². The van der Waals surface area contributed by atoms with Crippen molar-refractivity contribution < 1.29 is 19.1 Å². The summed E-state index contributed by atoms with van der Waals surface area (Å²) in [4.78, 5) is 25.0. The molecule has 0 unspecified atom stereocenters. The number of methoxy groups -OCH3 is 2. The maximum absolute atomic E-state index is 12.6. The summed E-state index contributed by atoms with van der Waals surface area (Å²) in [6.45, 7) is 1.72. The van der Waals surface area contributed by atoms with Crippen LogP contribution in [0.4, 0.5) is 0 Å². The molecule has 4 nitrogen and oxygen atoms in total. The van der Waals surface area contributed by atoms with Crippen LogP contribution in [0.3, 0.4) is 0 Å². The number of hydrogen-bond donors (Lipinski definition) is 0. The monoisotopic (exact) mass is 404 g/mol. The van der Waals surface area contributed by atoms with Gasteiger partial charge in [-0.15, -0.1) is 0 Å². The van der Waals surface area contributed by atoms with Gasteiger partial charge in [0.25, 0.3) is 0 Å². The first-order chi connectivity index (χ1) is 14.1. The van der Waals surface area contributed by atoms with Gasteiger partial charge < -0.3 is 9.47 Å². The average molecular weight is 405 g/mol. The van der Waals surface area contributed by atoms with Gasteiger partial charge in [0, 0.05) is 11.1 Å². The predicted octanol–water partition coefficient (Wildman–Crippen LogP) is 6.44. The minimum Gasteiger partial charge on any atom is -0.489 e. The van der Waals surface area contributed by atoms with Gasteiger partial charge in [-0.05, 0) is 25.7 Å². The quantitative estimate of drug-likeness (QED) is 0.262. The fraction of sp³-hybridized carbons (Fsp3) is 0.760. The van der Waals surface area contributed by atoms with Crippen molar-refractivity contribution in [3.05, 3.63) is 22.7 Å². The van der Waals surface area contributed by atoms with Crippen molar-refractivity contribution in [2.45, 2.75) is 103 Å². The number of carbonyl (C=O) groups excluding carboxylic acids is 2. The highest BCUT2D eigenvalue weighted by molar-refractivity contribution is 6.23. The molecule has 4 heteroatoms. The van der Waals surface area contributed by atoms with E-state index in [2.05, 4.69) is 0 Å². The standard InChI is InChI=1S/C25H40O4/c1-19-21(23(27)25(29-3)24(28-2)22(19)26)18-14-9-7-5-4-6-8-11-15-20-16-12-10-13-17-20/h20H,4-18H2,1-3H3. The molecule has 0 aromatic rings. The molecule has 0 amide bonds. The Morgan fingerprint density at radius 2 is 1.24 bits per heavy atom. The Kier molecular flexibility index (Phi) is 10.5. The summed E-state index contributed by atoms with van der Waals surface area (Å²) in [6, 6.07) is 0. The number of rotatable bonds is 13. The van der Waals surface area contributed by atoms with E-state index in [-0.39, 0.29) is 23.1 Å². The molecule has 0 aliphatic heterocycles. The minimum absolute atomic E-state index is 0.0298. The lowest BCUT2D eigenvalue weighted by Crippen LogP contribution is -2.25. The van der Waals surface area contributed by atoms with E-state index in [0.717, 1.165) is 18.8 Å². The molecule has 0 spiro atoms. The summed E-state index contributed by atoms with van der Waals surface area (Å²) in [6.07, 6.45) is 19.4. The van der Waals surface area contributed by atoms with Crippen molar-refractivity contribution in [2.75, 3.05) is 14.2 Å². The number of allylic oxidation sites excluding steroid dienone is 2. The van der Waals surface area contributed by atoms with Gasteiger partial charge >= 0.3 is 0 Å². The Hall–Kier alpha value is -1.58. The molecular weight excluding hydrogens is 364 g/mol. The van der Waals surface area contributed by atoms with Crippen LogP contribution in [0.5, 0.6) is 0 Å². The fourth-order valence-electron chi connectivity index (χ4n) is 4.76. The highest BCUT2D eigenvalue weighted by atomic mass is 16.5. The van der Waals surface area contributed by atoms with Gasteiger partial charge in [-0.2, -0.15) is 0 Å². The molecule has 164 valence electrons. The van der Waals surface area contributed by atoms with Gasteiger partial charge in [0.05, 0.1) is 14.2 Å². The Labute approximate surface area is 177 Å². The molecule has 2 aliphatic carbocycles. The first kappa shape index (κ1) is 23.7. The number of ketones is 2. The molecule has 0 N–H and O–H groups in total. The van der Waals surface area contributed by atoms with Gasteiger partial charge in [-0.3, -0.25) is 9.59 Å². The second-order valence-electron chi connectivity index (χ2n) is 8.70. The third kappa shape index (κ3) is 7.01. The summed E-state index contributed by atoms with van der Waals surface area (Å²) >= 11 is 0. The zero-order valence-electron chi connectivity index (χ0n) is 18.8. The highest BCUT2D eigenvalue weighted by Crippen LogP contribution is 2.29. The molecule has 0 saturated heterocycles. The van der Waals surface area contributed by atoms with Crippen LogP contribution in [0.15, 0.2) is 22.7 Å². The molecule has 0 heterocycles. The van der Waals surface area contributed by atoms with Crippen LogP contribution in [0.2, 0.25) is 0 Å². The Balaban J connectivity index is 1.56. The first-order valence-corrected chi connectivity index (χ1v) is 11.7. The van der Waals surface area contributed by atoms with Gasteiger partial charge in [0.2, 0.25) is 23.1 Å². The smallest absolute Gasteiger partial charge is 0.228 e. The SMILES string of the molecule is COC1=C(OC)C(=O)C(CCCCCCCCCCC2CCCCC2)=C(C)C1=O. The number of Topliss-reactive ketones (excluding diaryl/α,β-unsaturated/α-hetero) is 2. The maximum atomic E-state index is 12.6. The topological polar surface area (TPSA) is 52.6 Å². The van der Waals surface area contributed by atoms with Crippen LogP contribution in [0.1, 0.15) is 103 Å². The predicted molar refractivity (Wildman–Crippen MR) is 117 cm³/mol. The van der Waals surface area contributed by atoms with Crippen molar-refractivity contribution in [1.82, 2.24) is 0 Å². The van der Waals surface area contributed by atoms with E-state index in [4.69, 9.17) is 9.47 Å². The lowest BCUT2D eigenvalue weighted by molar-refractivity contribution is -0.121. The van der Waals surface area contributed by atoms with Crippen LogP contribution < -0.4 is 0 Å². The Morgan fingerprint density at radius 1 is 0.724 bits per heavy atom. The number of hydrogen-bond acceptors (Lipinski definition) is 4. The van der Waals surface area contributed by atoms with Crippen LogP contribution in [-0.2, 0) is 19.1 Å². The van der Waals surface area contributed by atoms with E-state index in [9.17, 15) is 9.59 Å². The van der Waals surface area contributed by atoms with E-state index in [1.54, 1.807) is 6.92 Å². The largest absolute Gasteiger partial charge is 0.489 e. The molecule has 2 aliphatic rings. The molecule has 0 aromatic heterocycles. The second-order valence-corrected chi connectivity index (χ2v) is 8.70. The van der Waals surface area contributed by atoms with Crippen molar-refractivity contribution in [1.29, 1.82) is 0 Å². The lowest BCUT2D eigenvalue weighted by Gasteiger charge is -2.21. The van der Waals surface area contributed by atoms with Crippen molar-refractivity contribution in [3.63, 3.8) is 0 Å². The molecule has 0 radical (unpaired) electrons. The summed E-state index contributed by atoms with van der Waals surface area (Å²) in [5.74, 6) is 0.671. The van der Waals surface area contributed by atoms with Gasteiger partial charge in [0.15, 0.2) is 0 Å². The zero-order chi connectivity index (χ0) is 21.1. The van der Waals surface area contributed by atoms with Crippen LogP contribution >= 0.6 is 0 Å². The maximum Gasteiger partial charge on any atom is 0.228 e. The summed E-state index contributed by atoms with van der Waals surface area (Å²) in [5, 5.41) is 0. The van der Waals surface area contributed by atoms with E-state index in [0.29, 0.717) is 17.6 Å². The van der Waals surface area contributed by atoms with E-state index >= 15 is 0 Å². The minimum atomic E-state index is -0.229. The molecule has 1 fully saturated rings. The van der Waals surface area contributed by atoms with E-state index in [1.165, 1.54) is 91.3 Å². The highest BCUT2D eigenvalue weighted by Gasteiger charge is 2.34. The Bertz CT molecular complexity index is 608. The molecule has 0 atom stereocenters. The molecule has 1 saturated carbocycles. The average Bonchev–Trinajstić information content (AvgIpc) is 2.74. The van der Waals surface area contributed by atoms with Crippen LogP contribution in [0, 0.1) is 5.92 Å². The third-order valence-electron chi connectivity index (χ3n) is 6.61. The number of ether oxygens (including phenoxy) is 2. The van der Waals surface area contributed by atoms with Gasteiger partial charge in [0.1, 0.15) is 0 Å². The summed E-state index contributed by atoms with van der Waals surface area (Å²) in [5.41, 5.74) is 1.10. The molecule has 0 bridgehead atoms. The normalized spacial score (nSPS) is 18.6. The van der Waals surface area contributed by atoms with E-state index in [1.807, 2.05) is 0 Å². The van der Waals surface area contributed by atoms with Crippen molar-refractivity contribution in [2.24, 2.45) is 5.92 Å². The summed E-state index contributed by atoms with van der Waals surface area (Å²) in [7, 11) is 2.81. The number of carbonyl (C=O) groups is 2. The lowest BCUT2D eigenvalue weighted by atomic mass is 9.85. The second kappa shape index (κ2) is 12.9. The molecule has 2 rings (SSSR count). The van der Waals surface area contributed by atoms with Gasteiger partial charge in [-0.1, -0.05) is 83.5 Å². The third-order valence-corrected chi connectivity index (χ3v) is 6.61. The van der Waals surface area contributed by atoms with E-state index < -0.39 is 0 Å². The zero-order valence-corrected chi connectivity index (χ0v) is 18.8. The molecule has 29 heavy (non-hydrogen) atoms. The van der Waals surface area contributed by atoms with Crippen LogP contribution in [-0.4, -0.2) is 25.8 Å². The number of unbranched alkanes of at least 4 members (excludes halogenated alkanes) is 7. The molecular formula is C25H40O4. The van der Waals surface area contributed by atoms with Gasteiger partial charge in [-0.25, -0.2) is 0 Å². The fourth-order valence-corrected chi connectivity index (χ4v) is 4.76. The Morgan fingerprint density at radius 3 is 1.83 bits per heavy atom.